The summed E-state index contributed by atoms with van der Waals surface area (Å²) >= 11 is 1.77. The molecule has 0 saturated heterocycles. The van der Waals surface area contributed by atoms with E-state index in [9.17, 15) is 5.11 Å². The Morgan fingerprint density at radius 2 is 1.96 bits per heavy atom. The van der Waals surface area contributed by atoms with Crippen molar-refractivity contribution in [2.75, 3.05) is 13.6 Å². The molecule has 0 fully saturated rings. The van der Waals surface area contributed by atoms with Gasteiger partial charge in [0.1, 0.15) is 5.75 Å². The molecule has 5 heteroatoms. The molecule has 0 amide bonds. The van der Waals surface area contributed by atoms with Crippen molar-refractivity contribution >= 4 is 21.4 Å². The second-order valence-corrected chi connectivity index (χ2v) is 8.02. The van der Waals surface area contributed by atoms with Gasteiger partial charge in [-0.05, 0) is 59.3 Å². The lowest BCUT2D eigenvalue weighted by Gasteiger charge is -2.33. The number of thiophene rings is 1. The third kappa shape index (κ3) is 2.80. The quantitative estimate of drug-likeness (QED) is 0.556. The average molecular weight is 373 g/mol. The van der Waals surface area contributed by atoms with Gasteiger partial charge in [-0.3, -0.25) is 0 Å². The Bertz CT molecular complexity index is 1120. The lowest BCUT2D eigenvalue weighted by molar-refractivity contribution is 0.288. The first kappa shape index (κ1) is 16.4. The summed E-state index contributed by atoms with van der Waals surface area (Å²) in [5.41, 5.74) is 4.15. The van der Waals surface area contributed by atoms with Gasteiger partial charge in [0.25, 0.3) is 0 Å². The van der Waals surface area contributed by atoms with Crippen LogP contribution in [-0.2, 0) is 6.54 Å². The Balaban J connectivity index is 1.64. The highest BCUT2D eigenvalue weighted by Crippen LogP contribution is 2.41. The standard InChI is InChI=1S/C22H19N3OS/c1-25-12-18(14-3-6-20-15(11-14)7-10-27-20)16-4-5-17(21(26)19(16)13-25)22-23-8-2-9-24-22/h2-11,18,26H,12-13H2,1H3. The molecular weight excluding hydrogens is 354 g/mol. The number of phenolic OH excluding ortho intramolecular Hbond substituents is 1. The lowest BCUT2D eigenvalue weighted by Crippen LogP contribution is -2.31. The number of hydrogen-bond donors (Lipinski definition) is 1. The summed E-state index contributed by atoms with van der Waals surface area (Å²) in [5, 5.41) is 14.4. The zero-order valence-electron chi connectivity index (χ0n) is 15.0. The van der Waals surface area contributed by atoms with Gasteiger partial charge < -0.3 is 10.0 Å². The molecule has 0 bridgehead atoms. The maximum absolute atomic E-state index is 11.0. The van der Waals surface area contributed by atoms with Gasteiger partial charge >= 0.3 is 0 Å². The number of rotatable bonds is 2. The Kier molecular flexibility index (Phi) is 3.92. The molecule has 1 atom stereocenters. The van der Waals surface area contributed by atoms with Crippen LogP contribution in [0.5, 0.6) is 5.75 Å². The van der Waals surface area contributed by atoms with Gasteiger partial charge in [-0.1, -0.05) is 12.1 Å². The van der Waals surface area contributed by atoms with Gasteiger partial charge in [0, 0.05) is 41.7 Å². The van der Waals surface area contributed by atoms with Crippen LogP contribution in [-0.4, -0.2) is 33.6 Å². The molecule has 4 aromatic rings. The molecule has 5 rings (SSSR count). The third-order valence-electron chi connectivity index (χ3n) is 5.30. The topological polar surface area (TPSA) is 49.2 Å². The van der Waals surface area contributed by atoms with Gasteiger partial charge in [0.15, 0.2) is 5.82 Å². The molecule has 2 aromatic heterocycles. The maximum Gasteiger partial charge on any atom is 0.162 e. The average Bonchev–Trinajstić information content (AvgIpc) is 3.17. The van der Waals surface area contributed by atoms with Crippen LogP contribution in [0.2, 0.25) is 0 Å². The normalized spacial score (nSPS) is 17.1. The Morgan fingerprint density at radius 1 is 1.11 bits per heavy atom. The minimum atomic E-state index is 0.236. The highest BCUT2D eigenvalue weighted by molar-refractivity contribution is 7.17. The van der Waals surface area contributed by atoms with Crippen LogP contribution in [0.15, 0.2) is 60.2 Å². The Morgan fingerprint density at radius 3 is 2.81 bits per heavy atom. The molecule has 134 valence electrons. The molecular formula is C22H19N3OS. The monoisotopic (exact) mass is 373 g/mol. The summed E-state index contributed by atoms with van der Waals surface area (Å²) in [7, 11) is 2.10. The van der Waals surface area contributed by atoms with Crippen LogP contribution in [0.4, 0.5) is 0 Å². The van der Waals surface area contributed by atoms with Crippen molar-refractivity contribution in [2.45, 2.75) is 12.5 Å². The second-order valence-electron chi connectivity index (χ2n) is 7.07. The van der Waals surface area contributed by atoms with E-state index in [1.54, 1.807) is 29.8 Å². The minimum absolute atomic E-state index is 0.236. The van der Waals surface area contributed by atoms with Gasteiger partial charge in [0.2, 0.25) is 0 Å². The number of aromatic nitrogens is 2. The fourth-order valence-corrected chi connectivity index (χ4v) is 4.77. The molecule has 1 unspecified atom stereocenters. The van der Waals surface area contributed by atoms with Gasteiger partial charge in [-0.25, -0.2) is 9.97 Å². The van der Waals surface area contributed by atoms with Crippen LogP contribution < -0.4 is 0 Å². The fourth-order valence-electron chi connectivity index (χ4n) is 3.99. The van der Waals surface area contributed by atoms with E-state index >= 15 is 0 Å². The maximum atomic E-state index is 11.0. The Hall–Kier alpha value is -2.76. The largest absolute Gasteiger partial charge is 0.507 e. The summed E-state index contributed by atoms with van der Waals surface area (Å²) in [6.07, 6.45) is 3.40. The minimum Gasteiger partial charge on any atom is -0.507 e. The van der Waals surface area contributed by atoms with Crippen LogP contribution >= 0.6 is 11.3 Å². The number of nitrogens with zero attached hydrogens (tertiary/aromatic N) is 3. The summed E-state index contributed by atoms with van der Waals surface area (Å²) in [6.45, 7) is 1.66. The predicted octanol–water partition coefficient (Wildman–Crippen LogP) is 4.64. The highest BCUT2D eigenvalue weighted by Gasteiger charge is 2.28. The molecule has 0 saturated carbocycles. The zero-order chi connectivity index (χ0) is 18.4. The van der Waals surface area contributed by atoms with Crippen LogP contribution in [0.3, 0.4) is 0 Å². The van der Waals surface area contributed by atoms with E-state index in [4.69, 9.17) is 0 Å². The van der Waals surface area contributed by atoms with Gasteiger partial charge in [0.05, 0.1) is 5.56 Å². The molecule has 0 radical (unpaired) electrons. The van der Waals surface area contributed by atoms with Crippen molar-refractivity contribution in [1.82, 2.24) is 14.9 Å². The molecule has 27 heavy (non-hydrogen) atoms. The summed E-state index contributed by atoms with van der Waals surface area (Å²) < 4.78 is 1.31. The molecule has 1 aliphatic heterocycles. The second kappa shape index (κ2) is 6.44. The van der Waals surface area contributed by atoms with Crippen molar-refractivity contribution in [3.8, 4) is 17.1 Å². The first-order valence-corrected chi connectivity index (χ1v) is 9.86. The lowest BCUT2D eigenvalue weighted by atomic mass is 9.83. The molecule has 0 aliphatic carbocycles. The van der Waals surface area contributed by atoms with Crippen molar-refractivity contribution in [1.29, 1.82) is 0 Å². The molecule has 2 aromatic carbocycles. The van der Waals surface area contributed by atoms with E-state index in [0.29, 0.717) is 17.1 Å². The summed E-state index contributed by atoms with van der Waals surface area (Å²) in [6, 6.07) is 14.7. The van der Waals surface area contributed by atoms with E-state index in [2.05, 4.69) is 57.6 Å². The third-order valence-corrected chi connectivity index (χ3v) is 6.20. The predicted molar refractivity (Wildman–Crippen MR) is 109 cm³/mol. The van der Waals surface area contributed by atoms with E-state index < -0.39 is 0 Å². The molecule has 1 N–H and O–H groups in total. The van der Waals surface area contributed by atoms with E-state index in [1.165, 1.54) is 21.2 Å². The van der Waals surface area contributed by atoms with Crippen molar-refractivity contribution in [2.24, 2.45) is 0 Å². The zero-order valence-corrected chi connectivity index (χ0v) is 15.8. The summed E-state index contributed by atoms with van der Waals surface area (Å²) in [5.74, 6) is 1.09. The van der Waals surface area contributed by atoms with Crippen molar-refractivity contribution in [3.63, 3.8) is 0 Å². The van der Waals surface area contributed by atoms with Crippen LogP contribution in [0.1, 0.15) is 22.6 Å². The summed E-state index contributed by atoms with van der Waals surface area (Å²) in [4.78, 5) is 10.9. The number of hydrogen-bond acceptors (Lipinski definition) is 5. The number of benzene rings is 2. The van der Waals surface area contributed by atoms with Crippen LogP contribution in [0.25, 0.3) is 21.5 Å². The van der Waals surface area contributed by atoms with E-state index in [1.807, 2.05) is 6.07 Å². The molecule has 4 nitrogen and oxygen atoms in total. The Labute approximate surface area is 161 Å². The molecule has 1 aliphatic rings. The van der Waals surface area contributed by atoms with Crippen molar-refractivity contribution < 1.29 is 5.11 Å². The van der Waals surface area contributed by atoms with E-state index in [0.717, 1.165) is 18.7 Å². The number of likely N-dealkylation sites (N-methyl/N-ethyl adjacent to an activating group) is 1. The number of fused-ring (bicyclic) bond motifs is 2. The fraction of sp³-hybridized carbons (Fsp3) is 0.182. The van der Waals surface area contributed by atoms with Gasteiger partial charge in [-0.2, -0.15) is 0 Å². The highest BCUT2D eigenvalue weighted by atomic mass is 32.1. The number of aromatic hydroxyl groups is 1. The van der Waals surface area contributed by atoms with Crippen molar-refractivity contribution in [3.05, 3.63) is 76.9 Å². The number of phenols is 1. The molecule has 0 spiro atoms. The van der Waals surface area contributed by atoms with Gasteiger partial charge in [-0.15, -0.1) is 11.3 Å². The first-order valence-electron chi connectivity index (χ1n) is 8.98. The smallest absolute Gasteiger partial charge is 0.162 e. The van der Waals surface area contributed by atoms with Crippen LogP contribution in [0, 0.1) is 0 Å². The molecule has 3 heterocycles. The van der Waals surface area contributed by atoms with E-state index in [-0.39, 0.29) is 5.92 Å². The first-order chi connectivity index (χ1) is 13.2. The SMILES string of the molecule is CN1Cc2c(ccc(-c3ncccn3)c2O)C(c2ccc3sccc3c2)C1.